The van der Waals surface area contributed by atoms with E-state index in [1.165, 1.54) is 0 Å². The molecule has 1 fully saturated rings. The maximum Gasteiger partial charge on any atom is 0.211 e. The molecule has 0 amide bonds. The van der Waals surface area contributed by atoms with E-state index in [2.05, 4.69) is 51.6 Å². The minimum Gasteiger partial charge on any atom is -0.338 e. The Hall–Kier alpha value is 0.0106. The molecule has 0 aromatic carbocycles. The lowest BCUT2D eigenvalue weighted by Crippen LogP contribution is -2.81. The largest absolute Gasteiger partial charge is 0.338 e. The van der Waals surface area contributed by atoms with Crippen LogP contribution in [0, 0.1) is 0 Å². The van der Waals surface area contributed by atoms with Gasteiger partial charge in [-0.3, -0.25) is 0 Å². The Labute approximate surface area is 78.6 Å². The van der Waals surface area contributed by atoms with E-state index < -0.39 is 16.8 Å². The van der Waals surface area contributed by atoms with E-state index in [0.29, 0.717) is 0 Å². The molecule has 1 heterocycles. The van der Waals surface area contributed by atoms with Crippen LogP contribution in [0.25, 0.3) is 0 Å². The lowest BCUT2D eigenvalue weighted by Gasteiger charge is -2.41. The molecular weight excluding hydrogens is 198 g/mol. The first-order valence-corrected chi connectivity index (χ1v) is 10.7. The summed E-state index contributed by atoms with van der Waals surface area (Å²) in [6.07, 6.45) is 0. The first-order chi connectivity index (χ1) is 5.54. The van der Waals surface area contributed by atoms with Gasteiger partial charge in [0.25, 0.3) is 0 Å². The van der Waals surface area contributed by atoms with E-state index in [9.17, 15) is 0 Å². The van der Waals surface area contributed by atoms with Crippen LogP contribution in [0.2, 0.25) is 13.1 Å². The monoisotopic (exact) mass is 215 g/mol. The van der Waals surface area contributed by atoms with Gasteiger partial charge in [-0.05, 0) is 13.1 Å². The maximum atomic E-state index is 3.88. The Morgan fingerprint density at radius 1 is 1.08 bits per heavy atom. The third-order valence-electron chi connectivity index (χ3n) is 2.25. The third-order valence-corrected chi connectivity index (χ3v) is 15.3. The predicted molar refractivity (Wildman–Crippen MR) is 61.6 cm³/mol. The molecule has 6 heteroatoms. The highest BCUT2D eigenvalue weighted by Gasteiger charge is 2.37. The molecular formula is C6H17N3Si3. The van der Waals surface area contributed by atoms with Crippen LogP contribution >= 0.6 is 0 Å². The molecule has 3 N–H and O–H groups in total. The van der Waals surface area contributed by atoms with Crippen LogP contribution < -0.4 is 13.9 Å². The fourth-order valence-corrected chi connectivity index (χ4v) is 14.0. The Bertz CT molecular complexity index is 190. The predicted octanol–water partition coefficient (Wildman–Crippen LogP) is -0.638. The average molecular weight is 215 g/mol. The van der Waals surface area contributed by atoms with E-state index in [4.69, 9.17) is 0 Å². The van der Waals surface area contributed by atoms with Crippen LogP contribution in [-0.2, 0) is 0 Å². The van der Waals surface area contributed by atoms with E-state index >= 15 is 0 Å². The van der Waals surface area contributed by atoms with Gasteiger partial charge in [-0.1, -0.05) is 11.4 Å². The van der Waals surface area contributed by atoms with Gasteiger partial charge >= 0.3 is 0 Å². The van der Waals surface area contributed by atoms with Crippen molar-refractivity contribution in [2.45, 2.75) is 13.1 Å². The Morgan fingerprint density at radius 3 is 1.83 bits per heavy atom. The molecule has 1 aliphatic rings. The summed E-state index contributed by atoms with van der Waals surface area (Å²) in [7, 11) is -3.33. The fourth-order valence-electron chi connectivity index (χ4n) is 1.29. The van der Waals surface area contributed by atoms with E-state index in [1.807, 2.05) is 0 Å². The number of hydrogen-bond acceptors (Lipinski definition) is 3. The van der Waals surface area contributed by atoms with Crippen molar-refractivity contribution < 1.29 is 0 Å². The molecule has 0 aromatic rings. The first-order valence-electron chi connectivity index (χ1n) is 4.10. The zero-order valence-corrected chi connectivity index (χ0v) is 11.2. The van der Waals surface area contributed by atoms with Crippen molar-refractivity contribution in [2.75, 3.05) is 0 Å². The van der Waals surface area contributed by atoms with Crippen LogP contribution in [-0.4, -0.2) is 26.6 Å². The summed E-state index contributed by atoms with van der Waals surface area (Å²) in [4.78, 5) is 0. The quantitative estimate of drug-likeness (QED) is 0.537. The van der Waals surface area contributed by atoms with Gasteiger partial charge in [-0.2, -0.15) is 0 Å². The molecule has 3 nitrogen and oxygen atoms in total. The molecule has 0 bridgehead atoms. The van der Waals surface area contributed by atoms with Crippen LogP contribution in [0.5, 0.6) is 0 Å². The molecule has 0 saturated carbocycles. The summed E-state index contributed by atoms with van der Waals surface area (Å²) < 4.78 is 10.8. The molecule has 0 aromatic heterocycles. The van der Waals surface area contributed by atoms with Gasteiger partial charge in [0.1, 0.15) is 0 Å². The van der Waals surface area contributed by atoms with Gasteiger partial charge in [0.05, 0.1) is 0 Å². The van der Waals surface area contributed by atoms with E-state index in [0.717, 1.165) is 0 Å². The molecule has 12 heavy (non-hydrogen) atoms. The lowest BCUT2D eigenvalue weighted by molar-refractivity contribution is 1.13. The highest BCUT2D eigenvalue weighted by molar-refractivity contribution is 7.01. The summed E-state index contributed by atoms with van der Waals surface area (Å²) in [6, 6.07) is 0. The highest BCUT2D eigenvalue weighted by atomic mass is 28.5. The minimum absolute atomic E-state index is 0.303. The van der Waals surface area contributed by atoms with Crippen LogP contribution in [0.1, 0.15) is 0 Å². The second kappa shape index (κ2) is 3.40. The van der Waals surface area contributed by atoms with Gasteiger partial charge in [-0.15, -0.1) is 13.2 Å². The smallest absolute Gasteiger partial charge is 0.211 e. The normalized spacial score (nSPS) is 44.2. The molecule has 1 aliphatic heterocycles. The number of rotatable bonds is 2. The Morgan fingerprint density at radius 2 is 1.50 bits per heavy atom. The van der Waals surface area contributed by atoms with Crippen LogP contribution in [0.15, 0.2) is 24.6 Å². The second-order valence-electron chi connectivity index (χ2n) is 3.47. The van der Waals surface area contributed by atoms with Crippen molar-refractivity contribution in [3.05, 3.63) is 24.6 Å². The topological polar surface area (TPSA) is 36.1 Å². The summed E-state index contributed by atoms with van der Waals surface area (Å²) in [5, 5.41) is 0. The molecule has 0 spiro atoms. The molecule has 1 saturated heterocycles. The summed E-state index contributed by atoms with van der Waals surface area (Å²) >= 11 is 0. The van der Waals surface area contributed by atoms with Crippen LogP contribution in [0.4, 0.5) is 0 Å². The standard InChI is InChI=1S/C6H17N3Si3/c1-5-11(3)7-10-8-12(4,6-2)9-11/h5-9H,1-2,10H2,3-4H3. The summed E-state index contributed by atoms with van der Waals surface area (Å²) in [6.45, 7) is 12.3. The molecule has 68 valence electrons. The zero-order chi connectivity index (χ0) is 9.24. The van der Waals surface area contributed by atoms with Gasteiger partial charge in [0, 0.05) is 0 Å². The second-order valence-corrected chi connectivity index (χ2v) is 13.3. The highest BCUT2D eigenvalue weighted by Crippen LogP contribution is 2.04. The fraction of sp³-hybridized carbons (Fsp3) is 0.333. The molecule has 2 unspecified atom stereocenters. The van der Waals surface area contributed by atoms with Crippen molar-refractivity contribution in [1.29, 1.82) is 0 Å². The molecule has 2 atom stereocenters. The van der Waals surface area contributed by atoms with Crippen molar-refractivity contribution in [3.63, 3.8) is 0 Å². The van der Waals surface area contributed by atoms with Crippen LogP contribution in [0.3, 0.4) is 0 Å². The first kappa shape index (κ1) is 10.1. The number of nitrogens with one attached hydrogen (secondary N) is 3. The van der Waals surface area contributed by atoms with Crippen molar-refractivity contribution in [1.82, 2.24) is 13.9 Å². The SMILES string of the molecule is C=C[Si]1(C)N[SiH2]N[Si](C)(C=C)N1. The minimum atomic E-state index is -1.51. The Kier molecular flexibility index (Phi) is 2.86. The third kappa shape index (κ3) is 2.03. The van der Waals surface area contributed by atoms with Gasteiger partial charge in [0.15, 0.2) is 9.84 Å². The maximum absolute atomic E-state index is 3.88. The molecule has 0 aliphatic carbocycles. The molecule has 0 radical (unpaired) electrons. The Balaban J connectivity index is 2.75. The average Bonchev–Trinajstić information content (AvgIpc) is 2.05. The van der Waals surface area contributed by atoms with Crippen molar-refractivity contribution in [2.24, 2.45) is 0 Å². The summed E-state index contributed by atoms with van der Waals surface area (Å²) in [5.74, 6) is 0. The molecule has 1 rings (SSSR count). The van der Waals surface area contributed by atoms with Gasteiger partial charge < -0.3 is 13.9 Å². The van der Waals surface area contributed by atoms with Crippen molar-refractivity contribution in [3.8, 4) is 0 Å². The lowest BCUT2D eigenvalue weighted by atomic mass is 11.3. The van der Waals surface area contributed by atoms with Gasteiger partial charge in [-0.25, -0.2) is 0 Å². The van der Waals surface area contributed by atoms with Gasteiger partial charge in [0.2, 0.25) is 16.8 Å². The summed E-state index contributed by atoms with van der Waals surface area (Å²) in [5.41, 5.74) is 4.13. The van der Waals surface area contributed by atoms with E-state index in [-0.39, 0.29) is 9.84 Å². The number of hydrogen-bond donors (Lipinski definition) is 3. The van der Waals surface area contributed by atoms with E-state index in [1.54, 1.807) is 0 Å². The zero-order valence-electron chi connectivity index (χ0n) is 7.78. The van der Waals surface area contributed by atoms with Crippen molar-refractivity contribution >= 4 is 26.6 Å².